The van der Waals surface area contributed by atoms with Crippen molar-refractivity contribution in [1.82, 2.24) is 9.97 Å². The van der Waals surface area contributed by atoms with Gasteiger partial charge in [-0.2, -0.15) is 0 Å². The van der Waals surface area contributed by atoms with Crippen LogP contribution in [0.5, 0.6) is 0 Å². The first-order chi connectivity index (χ1) is 7.63. The normalized spacial score (nSPS) is 11.9. The third kappa shape index (κ3) is 3.82. The summed E-state index contributed by atoms with van der Waals surface area (Å²) in [6.07, 6.45) is 3.74. The quantitative estimate of drug-likeness (QED) is 0.704. The molecule has 0 spiro atoms. The lowest BCUT2D eigenvalue weighted by Gasteiger charge is -2.07. The fraction of sp³-hybridized carbons (Fsp3) is 0.500. The summed E-state index contributed by atoms with van der Waals surface area (Å²) in [5.74, 6) is 0.0480. The molecule has 1 unspecified atom stereocenters. The van der Waals surface area contributed by atoms with Crippen molar-refractivity contribution in [1.29, 1.82) is 0 Å². The lowest BCUT2D eigenvalue weighted by Crippen LogP contribution is -2.19. The number of methoxy groups -OCH3 is 1. The minimum atomic E-state index is -0.497. The van der Waals surface area contributed by atoms with Gasteiger partial charge in [0.2, 0.25) is 0 Å². The summed E-state index contributed by atoms with van der Waals surface area (Å²) in [7, 11) is 1.31. The van der Waals surface area contributed by atoms with E-state index in [9.17, 15) is 4.79 Å². The van der Waals surface area contributed by atoms with Crippen LogP contribution in [0.4, 0.5) is 5.82 Å². The highest BCUT2D eigenvalue weighted by atomic mass is 16.5. The molecule has 88 valence electrons. The number of nitrogens with two attached hydrogens (primary N) is 1. The summed E-state index contributed by atoms with van der Waals surface area (Å²) in [5.41, 5.74) is 5.79. The average Bonchev–Trinajstić information content (AvgIpc) is 2.28. The molecule has 0 bridgehead atoms. The summed E-state index contributed by atoms with van der Waals surface area (Å²) < 4.78 is 4.54. The fourth-order valence-electron chi connectivity index (χ4n) is 1.08. The van der Waals surface area contributed by atoms with Crippen LogP contribution in [0.3, 0.4) is 0 Å². The first-order valence-electron chi connectivity index (χ1n) is 5.03. The minimum absolute atomic E-state index is 0.129. The van der Waals surface area contributed by atoms with Crippen molar-refractivity contribution in [2.24, 2.45) is 5.73 Å². The van der Waals surface area contributed by atoms with Crippen molar-refractivity contribution in [3.63, 3.8) is 0 Å². The lowest BCUT2D eigenvalue weighted by molar-refractivity contribution is 0.0593. The summed E-state index contributed by atoms with van der Waals surface area (Å²) in [4.78, 5) is 19.1. The van der Waals surface area contributed by atoms with Crippen LogP contribution in [-0.4, -0.2) is 35.6 Å². The van der Waals surface area contributed by atoms with Crippen LogP contribution in [0.15, 0.2) is 12.4 Å². The van der Waals surface area contributed by atoms with Crippen LogP contribution >= 0.6 is 0 Å². The molecule has 1 rings (SSSR count). The van der Waals surface area contributed by atoms with Gasteiger partial charge >= 0.3 is 5.97 Å². The highest BCUT2D eigenvalue weighted by Gasteiger charge is 2.08. The van der Waals surface area contributed by atoms with E-state index in [1.165, 1.54) is 13.3 Å². The molecule has 0 aliphatic heterocycles. The van der Waals surface area contributed by atoms with Gasteiger partial charge in [0.15, 0.2) is 5.69 Å². The Labute approximate surface area is 94.2 Å². The summed E-state index contributed by atoms with van der Waals surface area (Å²) in [6.45, 7) is 2.62. The second-order valence-electron chi connectivity index (χ2n) is 3.47. The number of nitrogens with one attached hydrogen (secondary N) is 1. The van der Waals surface area contributed by atoms with Crippen LogP contribution in [-0.2, 0) is 4.74 Å². The second kappa shape index (κ2) is 6.02. The maximum Gasteiger partial charge on any atom is 0.358 e. The molecule has 0 saturated heterocycles. The summed E-state index contributed by atoms with van der Waals surface area (Å²) in [6, 6.07) is 0.129. The highest BCUT2D eigenvalue weighted by Crippen LogP contribution is 2.03. The number of aromatic nitrogens is 2. The third-order valence-electron chi connectivity index (χ3n) is 1.93. The molecular weight excluding hydrogens is 208 g/mol. The Hall–Kier alpha value is -1.69. The number of carbonyl (C=O) groups excluding carboxylic acids is 1. The van der Waals surface area contributed by atoms with Gasteiger partial charge in [-0.05, 0) is 13.3 Å². The summed E-state index contributed by atoms with van der Waals surface area (Å²) in [5, 5.41) is 3.03. The van der Waals surface area contributed by atoms with Crippen molar-refractivity contribution in [3.05, 3.63) is 18.1 Å². The fourth-order valence-corrected chi connectivity index (χ4v) is 1.08. The van der Waals surface area contributed by atoms with Crippen LogP contribution in [0.1, 0.15) is 23.8 Å². The summed E-state index contributed by atoms with van der Waals surface area (Å²) >= 11 is 0. The number of anilines is 1. The number of hydrogen-bond donors (Lipinski definition) is 2. The van der Waals surface area contributed by atoms with Crippen molar-refractivity contribution in [2.45, 2.75) is 19.4 Å². The minimum Gasteiger partial charge on any atom is -0.464 e. The van der Waals surface area contributed by atoms with E-state index < -0.39 is 5.97 Å². The Bertz CT molecular complexity index is 354. The van der Waals surface area contributed by atoms with Crippen molar-refractivity contribution in [2.75, 3.05) is 19.0 Å². The molecule has 0 radical (unpaired) electrons. The molecule has 1 aromatic heterocycles. The van der Waals surface area contributed by atoms with Gasteiger partial charge in [0, 0.05) is 12.6 Å². The Morgan fingerprint density at radius 1 is 1.62 bits per heavy atom. The molecule has 0 saturated carbocycles. The standard InChI is InChI=1S/C10H16N4O2/c1-7(11)3-4-13-9-6-12-5-8(14-9)10(15)16-2/h5-7H,3-4,11H2,1-2H3,(H,13,14). The monoisotopic (exact) mass is 224 g/mol. The van der Waals surface area contributed by atoms with E-state index in [-0.39, 0.29) is 11.7 Å². The Balaban J connectivity index is 2.57. The third-order valence-corrected chi connectivity index (χ3v) is 1.93. The van der Waals surface area contributed by atoms with Crippen LogP contribution < -0.4 is 11.1 Å². The molecule has 0 aliphatic carbocycles. The highest BCUT2D eigenvalue weighted by molar-refractivity contribution is 5.87. The van der Waals surface area contributed by atoms with Gasteiger partial charge in [0.1, 0.15) is 5.82 Å². The molecule has 1 heterocycles. The van der Waals surface area contributed by atoms with Gasteiger partial charge in [0.05, 0.1) is 19.5 Å². The van der Waals surface area contributed by atoms with Gasteiger partial charge < -0.3 is 15.8 Å². The predicted molar refractivity (Wildman–Crippen MR) is 60.1 cm³/mol. The number of carbonyl (C=O) groups is 1. The van der Waals surface area contributed by atoms with Crippen LogP contribution in [0.25, 0.3) is 0 Å². The van der Waals surface area contributed by atoms with Gasteiger partial charge in [-0.25, -0.2) is 9.78 Å². The number of nitrogens with zero attached hydrogens (tertiary/aromatic N) is 2. The molecule has 1 atom stereocenters. The van der Waals surface area contributed by atoms with Crippen molar-refractivity contribution in [3.8, 4) is 0 Å². The smallest absolute Gasteiger partial charge is 0.358 e. The van der Waals surface area contributed by atoms with Gasteiger partial charge in [-0.3, -0.25) is 4.98 Å². The molecule has 1 aromatic rings. The van der Waals surface area contributed by atoms with Gasteiger partial charge in [-0.1, -0.05) is 0 Å². The van der Waals surface area contributed by atoms with E-state index in [2.05, 4.69) is 20.0 Å². The maximum atomic E-state index is 11.2. The SMILES string of the molecule is COC(=O)c1cncc(NCCC(C)N)n1. The molecule has 6 heteroatoms. The lowest BCUT2D eigenvalue weighted by atomic mass is 10.2. The number of rotatable bonds is 5. The van der Waals surface area contributed by atoms with E-state index in [0.717, 1.165) is 6.42 Å². The van der Waals surface area contributed by atoms with Crippen molar-refractivity contribution >= 4 is 11.8 Å². The van der Waals surface area contributed by atoms with E-state index in [0.29, 0.717) is 12.4 Å². The molecule has 16 heavy (non-hydrogen) atoms. The van der Waals surface area contributed by atoms with Gasteiger partial charge in [0.25, 0.3) is 0 Å². The molecule has 0 aromatic carbocycles. The maximum absolute atomic E-state index is 11.2. The molecular formula is C10H16N4O2. The zero-order valence-corrected chi connectivity index (χ0v) is 9.43. The van der Waals surface area contributed by atoms with E-state index in [1.807, 2.05) is 6.92 Å². The number of ether oxygens (including phenoxy) is 1. The first-order valence-corrected chi connectivity index (χ1v) is 5.03. The molecule has 0 amide bonds. The number of esters is 1. The van der Waals surface area contributed by atoms with Crippen LogP contribution in [0.2, 0.25) is 0 Å². The Kier molecular flexibility index (Phi) is 4.65. The topological polar surface area (TPSA) is 90.1 Å². The van der Waals surface area contributed by atoms with E-state index >= 15 is 0 Å². The molecule has 0 aliphatic rings. The Morgan fingerprint density at radius 2 is 2.38 bits per heavy atom. The van der Waals surface area contributed by atoms with E-state index in [4.69, 9.17) is 5.73 Å². The largest absolute Gasteiger partial charge is 0.464 e. The molecule has 0 fully saturated rings. The zero-order valence-electron chi connectivity index (χ0n) is 9.43. The first kappa shape index (κ1) is 12.4. The molecule has 3 N–H and O–H groups in total. The number of hydrogen-bond acceptors (Lipinski definition) is 6. The predicted octanol–water partition coefficient (Wildman–Crippen LogP) is 0.412. The average molecular weight is 224 g/mol. The Morgan fingerprint density at radius 3 is 3.00 bits per heavy atom. The molecule has 6 nitrogen and oxygen atoms in total. The zero-order chi connectivity index (χ0) is 12.0. The van der Waals surface area contributed by atoms with E-state index in [1.54, 1.807) is 6.20 Å². The van der Waals surface area contributed by atoms with Crippen molar-refractivity contribution < 1.29 is 9.53 Å². The van der Waals surface area contributed by atoms with Crippen LogP contribution in [0, 0.1) is 0 Å². The van der Waals surface area contributed by atoms with Gasteiger partial charge in [-0.15, -0.1) is 0 Å². The second-order valence-corrected chi connectivity index (χ2v) is 3.47.